The molecule has 3 N–H and O–H groups in total. The van der Waals surface area contributed by atoms with Gasteiger partial charge >= 0.3 is 5.97 Å². The predicted octanol–water partition coefficient (Wildman–Crippen LogP) is 4.68. The number of phenols is 1. The quantitative estimate of drug-likeness (QED) is 0.296. The highest BCUT2D eigenvalue weighted by Gasteiger charge is 2.18. The predicted molar refractivity (Wildman–Crippen MR) is 132 cm³/mol. The molecule has 0 aliphatic carbocycles. The van der Waals surface area contributed by atoms with E-state index >= 15 is 0 Å². The molecule has 3 rings (SSSR count). The molecule has 0 unspecified atom stereocenters. The summed E-state index contributed by atoms with van der Waals surface area (Å²) < 4.78 is 5.63. The summed E-state index contributed by atoms with van der Waals surface area (Å²) in [6.07, 6.45) is 1.48. The molecule has 0 saturated heterocycles. The maximum atomic E-state index is 12.8. The second kappa shape index (κ2) is 11.5. The molecule has 0 saturated carbocycles. The van der Waals surface area contributed by atoms with E-state index in [1.54, 1.807) is 42.5 Å². The van der Waals surface area contributed by atoms with Crippen LogP contribution in [0.15, 0.2) is 76.9 Å². The molecule has 0 heterocycles. The summed E-state index contributed by atoms with van der Waals surface area (Å²) in [5.41, 5.74) is 1.66. The van der Waals surface area contributed by atoms with Crippen molar-refractivity contribution in [1.82, 2.24) is 10.6 Å². The van der Waals surface area contributed by atoms with Gasteiger partial charge in [-0.2, -0.15) is 0 Å². The van der Waals surface area contributed by atoms with Crippen LogP contribution in [0.3, 0.4) is 0 Å². The van der Waals surface area contributed by atoms with Gasteiger partial charge in [0.2, 0.25) is 0 Å². The van der Waals surface area contributed by atoms with Crippen LogP contribution in [0.5, 0.6) is 5.75 Å². The van der Waals surface area contributed by atoms with Crippen molar-refractivity contribution in [1.29, 1.82) is 0 Å². The molecular formula is C25H20BrClN2O5. The second-order valence-corrected chi connectivity index (χ2v) is 8.43. The van der Waals surface area contributed by atoms with Gasteiger partial charge in [-0.15, -0.1) is 0 Å². The van der Waals surface area contributed by atoms with E-state index in [0.717, 1.165) is 10.0 Å². The fourth-order valence-electron chi connectivity index (χ4n) is 2.96. The van der Waals surface area contributed by atoms with Crippen molar-refractivity contribution in [3.63, 3.8) is 0 Å². The van der Waals surface area contributed by atoms with Crippen LogP contribution >= 0.6 is 27.5 Å². The number of carbonyl (C=O) groups excluding carboxylic acids is 3. The summed E-state index contributed by atoms with van der Waals surface area (Å²) in [4.78, 5) is 37.4. The number of carbonyl (C=O) groups is 3. The Kier molecular flexibility index (Phi) is 8.45. The maximum absolute atomic E-state index is 12.8. The standard InChI is InChI=1S/C25H20BrClN2O5/c1-34-25(33)22(12-15-5-8-18(26)9-6-15)29-24(32)20-10-7-17(13-21(20)27)23(31)28-14-16-3-2-4-19(30)11-16/h2-13,30H,14H2,1H3,(H,28,31)(H,29,32)/b22-12-. The Balaban J connectivity index is 1.73. The molecule has 7 nitrogen and oxygen atoms in total. The highest BCUT2D eigenvalue weighted by atomic mass is 79.9. The van der Waals surface area contributed by atoms with Gasteiger partial charge in [0.25, 0.3) is 11.8 Å². The minimum Gasteiger partial charge on any atom is -0.508 e. The summed E-state index contributed by atoms with van der Waals surface area (Å²) in [5, 5.41) is 14.8. The van der Waals surface area contributed by atoms with Gasteiger partial charge in [-0.3, -0.25) is 9.59 Å². The van der Waals surface area contributed by atoms with Gasteiger partial charge in [-0.1, -0.05) is 51.8 Å². The summed E-state index contributed by atoms with van der Waals surface area (Å²) in [6, 6.07) is 17.8. The molecule has 0 bridgehead atoms. The Morgan fingerprint density at radius 2 is 1.76 bits per heavy atom. The van der Waals surface area contributed by atoms with Crippen molar-refractivity contribution >= 4 is 51.4 Å². The van der Waals surface area contributed by atoms with Gasteiger partial charge in [-0.25, -0.2) is 4.79 Å². The van der Waals surface area contributed by atoms with Gasteiger partial charge in [0.05, 0.1) is 17.7 Å². The average Bonchev–Trinajstić information content (AvgIpc) is 2.82. The number of halogens is 2. The largest absolute Gasteiger partial charge is 0.508 e. The Bertz CT molecular complexity index is 1260. The molecule has 3 aromatic rings. The maximum Gasteiger partial charge on any atom is 0.354 e. The lowest BCUT2D eigenvalue weighted by Crippen LogP contribution is -2.28. The van der Waals surface area contributed by atoms with E-state index in [4.69, 9.17) is 16.3 Å². The minimum absolute atomic E-state index is 0.0374. The van der Waals surface area contributed by atoms with E-state index < -0.39 is 17.8 Å². The fourth-order valence-corrected chi connectivity index (χ4v) is 3.49. The molecule has 0 aliphatic rings. The molecule has 0 spiro atoms. The first-order chi connectivity index (χ1) is 16.3. The number of aromatic hydroxyl groups is 1. The first kappa shape index (κ1) is 25.0. The molecule has 0 fully saturated rings. The van der Waals surface area contributed by atoms with Gasteiger partial charge < -0.3 is 20.5 Å². The fraction of sp³-hybridized carbons (Fsp3) is 0.0800. The van der Waals surface area contributed by atoms with E-state index in [-0.39, 0.29) is 34.1 Å². The van der Waals surface area contributed by atoms with Gasteiger partial charge in [-0.05, 0) is 59.7 Å². The minimum atomic E-state index is -0.727. The molecule has 9 heteroatoms. The summed E-state index contributed by atoms with van der Waals surface area (Å²) >= 11 is 9.60. The molecule has 0 aliphatic heterocycles. The normalized spacial score (nSPS) is 11.0. The molecule has 34 heavy (non-hydrogen) atoms. The molecule has 0 aromatic heterocycles. The summed E-state index contributed by atoms with van der Waals surface area (Å²) in [6.45, 7) is 0.205. The van der Waals surface area contributed by atoms with E-state index in [0.29, 0.717) is 5.56 Å². The smallest absolute Gasteiger partial charge is 0.354 e. The molecule has 2 amide bonds. The van der Waals surface area contributed by atoms with E-state index in [1.807, 2.05) is 0 Å². The zero-order valence-electron chi connectivity index (χ0n) is 18.0. The van der Waals surface area contributed by atoms with Crippen molar-refractivity contribution in [2.75, 3.05) is 7.11 Å². The number of methoxy groups -OCH3 is 1. The zero-order valence-corrected chi connectivity index (χ0v) is 20.3. The van der Waals surface area contributed by atoms with Crippen molar-refractivity contribution in [3.8, 4) is 5.75 Å². The SMILES string of the molecule is COC(=O)/C(=C/c1ccc(Br)cc1)NC(=O)c1ccc(C(=O)NCc2cccc(O)c2)cc1Cl. The first-order valence-electron chi connectivity index (χ1n) is 9.99. The van der Waals surface area contributed by atoms with Crippen LogP contribution in [0.2, 0.25) is 5.02 Å². The molecule has 3 aromatic carbocycles. The number of benzene rings is 3. The van der Waals surface area contributed by atoms with Crippen LogP contribution in [-0.2, 0) is 16.1 Å². The van der Waals surface area contributed by atoms with Crippen LogP contribution < -0.4 is 10.6 Å². The monoisotopic (exact) mass is 542 g/mol. The highest BCUT2D eigenvalue weighted by molar-refractivity contribution is 9.10. The molecular weight excluding hydrogens is 524 g/mol. The average molecular weight is 544 g/mol. The summed E-state index contributed by atoms with van der Waals surface area (Å²) in [7, 11) is 1.21. The van der Waals surface area contributed by atoms with E-state index in [1.165, 1.54) is 37.5 Å². The number of esters is 1. The van der Waals surface area contributed by atoms with Crippen LogP contribution in [0.25, 0.3) is 6.08 Å². The van der Waals surface area contributed by atoms with Crippen molar-refractivity contribution in [2.24, 2.45) is 0 Å². The Morgan fingerprint density at radius 1 is 1.03 bits per heavy atom. The lowest BCUT2D eigenvalue weighted by atomic mass is 10.1. The molecule has 0 atom stereocenters. The Hall–Kier alpha value is -3.62. The zero-order chi connectivity index (χ0) is 24.7. The van der Waals surface area contributed by atoms with Crippen LogP contribution in [0.4, 0.5) is 0 Å². The number of nitrogens with one attached hydrogen (secondary N) is 2. The lowest BCUT2D eigenvalue weighted by Gasteiger charge is -2.11. The van der Waals surface area contributed by atoms with Crippen LogP contribution in [-0.4, -0.2) is 30.0 Å². The first-order valence-corrected chi connectivity index (χ1v) is 11.2. The number of phenolic OH excluding ortho intramolecular Hbond substituents is 1. The lowest BCUT2D eigenvalue weighted by molar-refractivity contribution is -0.136. The highest BCUT2D eigenvalue weighted by Crippen LogP contribution is 2.20. The van der Waals surface area contributed by atoms with Crippen molar-refractivity contribution in [2.45, 2.75) is 6.54 Å². The second-order valence-electron chi connectivity index (χ2n) is 7.10. The van der Waals surface area contributed by atoms with Gasteiger partial charge in [0.1, 0.15) is 11.4 Å². The Labute approximate surface area is 209 Å². The number of rotatable bonds is 7. The Morgan fingerprint density at radius 3 is 2.41 bits per heavy atom. The third-order valence-electron chi connectivity index (χ3n) is 4.67. The molecule has 174 valence electrons. The van der Waals surface area contributed by atoms with Crippen LogP contribution in [0.1, 0.15) is 31.8 Å². The van der Waals surface area contributed by atoms with Crippen molar-refractivity contribution in [3.05, 3.63) is 104 Å². The van der Waals surface area contributed by atoms with Crippen molar-refractivity contribution < 1.29 is 24.2 Å². The topological polar surface area (TPSA) is 105 Å². The number of hydrogen-bond donors (Lipinski definition) is 3. The third kappa shape index (κ3) is 6.69. The van der Waals surface area contributed by atoms with E-state index in [9.17, 15) is 19.5 Å². The number of amides is 2. The number of ether oxygens (including phenoxy) is 1. The third-order valence-corrected chi connectivity index (χ3v) is 5.52. The van der Waals surface area contributed by atoms with Gasteiger partial charge in [0, 0.05) is 16.6 Å². The number of hydrogen-bond acceptors (Lipinski definition) is 5. The van der Waals surface area contributed by atoms with Crippen LogP contribution in [0, 0.1) is 0 Å². The summed E-state index contributed by atoms with van der Waals surface area (Å²) in [5.74, 6) is -1.66. The van der Waals surface area contributed by atoms with E-state index in [2.05, 4.69) is 26.6 Å². The molecule has 0 radical (unpaired) electrons. The van der Waals surface area contributed by atoms with Gasteiger partial charge in [0.15, 0.2) is 0 Å².